The summed E-state index contributed by atoms with van der Waals surface area (Å²) in [7, 11) is 0. The van der Waals surface area contributed by atoms with E-state index in [0.717, 1.165) is 12.0 Å². The number of halogens is 1. The second-order valence-corrected chi connectivity index (χ2v) is 7.73. The van der Waals surface area contributed by atoms with Crippen LogP contribution >= 0.6 is 22.9 Å². The Morgan fingerprint density at radius 3 is 2.37 bits per heavy atom. The molecule has 1 N–H and O–H groups in total. The van der Waals surface area contributed by atoms with Gasteiger partial charge in [-0.2, -0.15) is 0 Å². The highest BCUT2D eigenvalue weighted by atomic mass is 35.5. The Bertz CT molecular complexity index is 1010. The molecule has 0 saturated heterocycles. The van der Waals surface area contributed by atoms with Crippen LogP contribution in [0.25, 0.3) is 11.1 Å². The van der Waals surface area contributed by atoms with E-state index >= 15 is 0 Å². The molecule has 0 aliphatic heterocycles. The zero-order valence-electron chi connectivity index (χ0n) is 16.7. The standard InChI is InChI=1S/C23H22ClNO4S/c1-3-15-5-11-18(12-6-15)29-13-20(26)25-22-21(23(27)28-4-2)19(14-30-22)16-7-9-17(24)10-8-16/h5-12,14H,3-4,13H2,1-2H3,(H,25,26). The average molecular weight is 444 g/mol. The third kappa shape index (κ3) is 5.40. The Hall–Kier alpha value is -2.83. The van der Waals surface area contributed by atoms with Gasteiger partial charge in [0.05, 0.1) is 6.61 Å². The molecule has 30 heavy (non-hydrogen) atoms. The zero-order chi connectivity index (χ0) is 21.5. The van der Waals surface area contributed by atoms with Crippen LogP contribution in [-0.4, -0.2) is 25.1 Å². The SMILES string of the molecule is CCOC(=O)c1c(-c2ccc(Cl)cc2)csc1NC(=O)COc1ccc(CC)cc1. The third-order valence-electron chi connectivity index (χ3n) is 4.38. The zero-order valence-corrected chi connectivity index (χ0v) is 18.3. The van der Waals surface area contributed by atoms with Gasteiger partial charge in [0.2, 0.25) is 0 Å². The molecule has 3 aromatic rings. The molecule has 0 fully saturated rings. The minimum atomic E-state index is -0.491. The number of ether oxygens (including phenoxy) is 2. The average Bonchev–Trinajstić information content (AvgIpc) is 3.17. The maximum Gasteiger partial charge on any atom is 0.341 e. The van der Waals surface area contributed by atoms with Gasteiger partial charge in [0.15, 0.2) is 6.61 Å². The van der Waals surface area contributed by atoms with Crippen LogP contribution in [0.3, 0.4) is 0 Å². The molecule has 3 rings (SSSR count). The maximum absolute atomic E-state index is 12.6. The second-order valence-electron chi connectivity index (χ2n) is 6.42. The molecular weight excluding hydrogens is 422 g/mol. The van der Waals surface area contributed by atoms with Crippen LogP contribution < -0.4 is 10.1 Å². The fourth-order valence-corrected chi connectivity index (χ4v) is 3.93. The molecule has 0 unspecified atom stereocenters. The highest BCUT2D eigenvalue weighted by molar-refractivity contribution is 7.15. The number of anilines is 1. The monoisotopic (exact) mass is 443 g/mol. The van der Waals surface area contributed by atoms with Gasteiger partial charge in [-0.25, -0.2) is 4.79 Å². The maximum atomic E-state index is 12.6. The predicted molar refractivity (Wildman–Crippen MR) is 121 cm³/mol. The summed E-state index contributed by atoms with van der Waals surface area (Å²) in [5.41, 5.74) is 3.01. The minimum Gasteiger partial charge on any atom is -0.484 e. The number of nitrogens with one attached hydrogen (secondary N) is 1. The van der Waals surface area contributed by atoms with E-state index < -0.39 is 5.97 Å². The first-order valence-corrected chi connectivity index (χ1v) is 10.8. The van der Waals surface area contributed by atoms with Crippen molar-refractivity contribution in [2.45, 2.75) is 20.3 Å². The number of hydrogen-bond acceptors (Lipinski definition) is 5. The van der Waals surface area contributed by atoms with Crippen LogP contribution in [0.1, 0.15) is 29.8 Å². The molecule has 0 aliphatic carbocycles. The van der Waals surface area contributed by atoms with Crippen LogP contribution in [0.4, 0.5) is 5.00 Å². The largest absolute Gasteiger partial charge is 0.484 e. The molecule has 0 aliphatic rings. The Kier molecular flexibility index (Phi) is 7.49. The number of carbonyl (C=O) groups is 2. The van der Waals surface area contributed by atoms with Gasteiger partial charge in [0, 0.05) is 16.0 Å². The molecule has 0 saturated carbocycles. The summed E-state index contributed by atoms with van der Waals surface area (Å²) in [6.45, 7) is 3.88. The van der Waals surface area contributed by atoms with Crippen LogP contribution in [0, 0.1) is 0 Å². The highest BCUT2D eigenvalue weighted by Gasteiger charge is 2.23. The van der Waals surface area contributed by atoms with E-state index in [0.29, 0.717) is 26.9 Å². The second kappa shape index (κ2) is 10.3. The number of benzene rings is 2. The number of esters is 1. The van der Waals surface area contributed by atoms with E-state index in [1.807, 2.05) is 41.8 Å². The molecule has 7 heteroatoms. The topological polar surface area (TPSA) is 64.6 Å². The molecule has 0 bridgehead atoms. The summed E-state index contributed by atoms with van der Waals surface area (Å²) in [5.74, 6) is -0.235. The Balaban J connectivity index is 1.76. The molecule has 1 aromatic heterocycles. The van der Waals surface area contributed by atoms with Crippen molar-refractivity contribution in [2.75, 3.05) is 18.5 Å². The number of aryl methyl sites for hydroxylation is 1. The predicted octanol–water partition coefficient (Wildman–Crippen LogP) is 5.83. The fraction of sp³-hybridized carbons (Fsp3) is 0.217. The summed E-state index contributed by atoms with van der Waals surface area (Å²) in [6, 6.07) is 14.7. The molecular formula is C23H22ClNO4S. The van der Waals surface area contributed by atoms with Crippen molar-refractivity contribution in [1.29, 1.82) is 0 Å². The molecule has 1 amide bonds. The summed E-state index contributed by atoms with van der Waals surface area (Å²) < 4.78 is 10.8. The number of carbonyl (C=O) groups excluding carboxylic acids is 2. The van der Waals surface area contributed by atoms with Crippen molar-refractivity contribution in [3.05, 3.63) is 70.1 Å². The molecule has 2 aromatic carbocycles. The number of thiophene rings is 1. The van der Waals surface area contributed by atoms with Crippen LogP contribution in [0.15, 0.2) is 53.9 Å². The van der Waals surface area contributed by atoms with Crippen molar-refractivity contribution in [2.24, 2.45) is 0 Å². The summed E-state index contributed by atoms with van der Waals surface area (Å²) in [6.07, 6.45) is 0.936. The molecule has 1 heterocycles. The molecule has 0 radical (unpaired) electrons. The normalized spacial score (nSPS) is 10.5. The highest BCUT2D eigenvalue weighted by Crippen LogP contribution is 2.36. The van der Waals surface area contributed by atoms with Gasteiger partial charge < -0.3 is 14.8 Å². The quantitative estimate of drug-likeness (QED) is 0.445. The van der Waals surface area contributed by atoms with Gasteiger partial charge >= 0.3 is 5.97 Å². The van der Waals surface area contributed by atoms with E-state index in [-0.39, 0.29) is 19.1 Å². The lowest BCUT2D eigenvalue weighted by Gasteiger charge is -2.10. The first kappa shape index (κ1) is 21.9. The van der Waals surface area contributed by atoms with E-state index in [4.69, 9.17) is 21.1 Å². The van der Waals surface area contributed by atoms with Gasteiger partial charge in [0.1, 0.15) is 16.3 Å². The summed E-state index contributed by atoms with van der Waals surface area (Å²) >= 11 is 7.23. The summed E-state index contributed by atoms with van der Waals surface area (Å²) in [5, 5.41) is 5.61. The lowest BCUT2D eigenvalue weighted by molar-refractivity contribution is -0.118. The molecule has 0 spiro atoms. The first-order chi connectivity index (χ1) is 14.5. The van der Waals surface area contributed by atoms with Crippen molar-refractivity contribution < 1.29 is 19.1 Å². The third-order valence-corrected chi connectivity index (χ3v) is 5.53. The molecule has 0 atom stereocenters. The Morgan fingerprint density at radius 1 is 1.03 bits per heavy atom. The van der Waals surface area contributed by atoms with Gasteiger partial charge in [-0.3, -0.25) is 4.79 Å². The van der Waals surface area contributed by atoms with Gasteiger partial charge in [-0.15, -0.1) is 11.3 Å². The Morgan fingerprint density at radius 2 is 1.73 bits per heavy atom. The van der Waals surface area contributed by atoms with Crippen molar-refractivity contribution >= 4 is 39.8 Å². The van der Waals surface area contributed by atoms with Crippen LogP contribution in [0.2, 0.25) is 5.02 Å². The number of amides is 1. The molecule has 5 nitrogen and oxygen atoms in total. The van der Waals surface area contributed by atoms with E-state index in [1.54, 1.807) is 19.1 Å². The van der Waals surface area contributed by atoms with Crippen molar-refractivity contribution in [3.8, 4) is 16.9 Å². The lowest BCUT2D eigenvalue weighted by Crippen LogP contribution is -2.21. The van der Waals surface area contributed by atoms with Crippen molar-refractivity contribution in [3.63, 3.8) is 0 Å². The van der Waals surface area contributed by atoms with Crippen LogP contribution in [0.5, 0.6) is 5.75 Å². The van der Waals surface area contributed by atoms with Gasteiger partial charge in [-0.05, 0) is 48.7 Å². The Labute approximate surface area is 184 Å². The lowest BCUT2D eigenvalue weighted by atomic mass is 10.0. The van der Waals surface area contributed by atoms with Gasteiger partial charge in [-0.1, -0.05) is 42.8 Å². The molecule has 156 valence electrons. The van der Waals surface area contributed by atoms with E-state index in [2.05, 4.69) is 12.2 Å². The first-order valence-electron chi connectivity index (χ1n) is 9.58. The van der Waals surface area contributed by atoms with Crippen LogP contribution in [-0.2, 0) is 16.0 Å². The van der Waals surface area contributed by atoms with Crippen molar-refractivity contribution in [1.82, 2.24) is 0 Å². The van der Waals surface area contributed by atoms with E-state index in [1.165, 1.54) is 16.9 Å². The summed E-state index contributed by atoms with van der Waals surface area (Å²) in [4.78, 5) is 25.0. The fourth-order valence-electron chi connectivity index (χ4n) is 2.83. The smallest absolute Gasteiger partial charge is 0.341 e. The number of rotatable bonds is 8. The minimum absolute atomic E-state index is 0.165. The van der Waals surface area contributed by atoms with E-state index in [9.17, 15) is 9.59 Å². The van der Waals surface area contributed by atoms with Gasteiger partial charge in [0.25, 0.3) is 5.91 Å². The number of hydrogen-bond donors (Lipinski definition) is 1.